The highest BCUT2D eigenvalue weighted by molar-refractivity contribution is 5.97. The van der Waals surface area contributed by atoms with Crippen molar-refractivity contribution in [3.63, 3.8) is 0 Å². The minimum atomic E-state index is -1.00. The average molecular weight is 317 g/mol. The lowest BCUT2D eigenvalue weighted by Crippen LogP contribution is -2.40. The molecule has 0 bridgehead atoms. The summed E-state index contributed by atoms with van der Waals surface area (Å²) in [6, 6.07) is 5.34. The van der Waals surface area contributed by atoms with E-state index >= 15 is 0 Å². The molecule has 0 saturated carbocycles. The zero-order chi connectivity index (χ0) is 16.6. The first-order valence-corrected chi connectivity index (χ1v) is 7.34. The molecule has 0 radical (unpaired) electrons. The van der Waals surface area contributed by atoms with Crippen molar-refractivity contribution < 1.29 is 19.1 Å². The van der Waals surface area contributed by atoms with Gasteiger partial charge in [0, 0.05) is 6.54 Å². The molecular formula is C16H16FN3O3. The van der Waals surface area contributed by atoms with Gasteiger partial charge in [-0.25, -0.2) is 13.9 Å². The highest BCUT2D eigenvalue weighted by atomic mass is 19.1. The number of para-hydroxylation sites is 1. The summed E-state index contributed by atoms with van der Waals surface area (Å²) in [6.45, 7) is 2.07. The molecule has 1 amide bonds. The van der Waals surface area contributed by atoms with Crippen LogP contribution in [0.15, 0.2) is 30.5 Å². The number of benzene rings is 1. The van der Waals surface area contributed by atoms with Crippen molar-refractivity contribution in [2.45, 2.75) is 25.8 Å². The van der Waals surface area contributed by atoms with E-state index in [4.69, 9.17) is 0 Å². The number of carboxylic acids is 1. The van der Waals surface area contributed by atoms with Gasteiger partial charge in [-0.3, -0.25) is 4.79 Å². The maximum Gasteiger partial charge on any atom is 0.326 e. The Morgan fingerprint density at radius 2 is 2.09 bits per heavy atom. The van der Waals surface area contributed by atoms with Crippen molar-refractivity contribution in [1.29, 1.82) is 0 Å². The number of aromatic nitrogens is 2. The minimum Gasteiger partial charge on any atom is -0.480 e. The molecule has 1 aliphatic heterocycles. The predicted molar refractivity (Wildman–Crippen MR) is 80.0 cm³/mol. The van der Waals surface area contributed by atoms with Gasteiger partial charge in [0.1, 0.15) is 17.5 Å². The molecule has 0 spiro atoms. The Bertz CT molecular complexity index is 772. The number of amides is 1. The number of carbonyl (C=O) groups is 2. The number of nitrogens with zero attached hydrogens (tertiary/aromatic N) is 3. The lowest BCUT2D eigenvalue weighted by Gasteiger charge is -2.21. The molecule has 0 unspecified atom stereocenters. The summed E-state index contributed by atoms with van der Waals surface area (Å²) in [5, 5.41) is 13.3. The Kier molecular flexibility index (Phi) is 3.85. The molecule has 2 aromatic rings. The summed E-state index contributed by atoms with van der Waals surface area (Å²) in [7, 11) is 0. The summed E-state index contributed by atoms with van der Waals surface area (Å²) in [5.74, 6) is -1.83. The number of aliphatic carboxylic acids is 1. The molecule has 1 aromatic heterocycles. The van der Waals surface area contributed by atoms with E-state index in [1.807, 2.05) is 0 Å². The van der Waals surface area contributed by atoms with E-state index in [9.17, 15) is 19.1 Å². The van der Waals surface area contributed by atoms with E-state index in [-0.39, 0.29) is 11.6 Å². The van der Waals surface area contributed by atoms with Crippen LogP contribution in [0.3, 0.4) is 0 Å². The fourth-order valence-electron chi connectivity index (χ4n) is 2.91. The molecule has 6 nitrogen and oxygen atoms in total. The second-order valence-corrected chi connectivity index (χ2v) is 5.50. The molecule has 1 N–H and O–H groups in total. The van der Waals surface area contributed by atoms with E-state index in [0.717, 1.165) is 0 Å². The third-order valence-electron chi connectivity index (χ3n) is 4.12. The van der Waals surface area contributed by atoms with Crippen molar-refractivity contribution in [3.8, 4) is 5.69 Å². The van der Waals surface area contributed by atoms with Crippen molar-refractivity contribution in [2.75, 3.05) is 6.54 Å². The summed E-state index contributed by atoms with van der Waals surface area (Å²) >= 11 is 0. The normalized spacial score (nSPS) is 17.5. The standard InChI is InChI=1S/C16H16FN3O3/c1-10-11(15(21)19-8-4-7-14(19)16(22)23)9-18-20(10)13-6-3-2-5-12(13)17/h2-3,5-6,9,14H,4,7-8H2,1H3,(H,22,23)/t14-/m0/s1. The molecule has 1 aliphatic rings. The lowest BCUT2D eigenvalue weighted by molar-refractivity contribution is -0.141. The topological polar surface area (TPSA) is 75.4 Å². The van der Waals surface area contributed by atoms with Gasteiger partial charge < -0.3 is 10.0 Å². The summed E-state index contributed by atoms with van der Waals surface area (Å²) < 4.78 is 15.3. The Labute approximate surface area is 132 Å². The fraction of sp³-hybridized carbons (Fsp3) is 0.312. The van der Waals surface area contributed by atoms with Crippen LogP contribution < -0.4 is 0 Å². The Balaban J connectivity index is 1.95. The second kappa shape index (κ2) is 5.83. The third kappa shape index (κ3) is 2.58. The molecule has 1 fully saturated rings. The molecule has 1 aromatic carbocycles. The third-order valence-corrected chi connectivity index (χ3v) is 4.12. The molecule has 1 saturated heterocycles. The maximum atomic E-state index is 13.9. The number of likely N-dealkylation sites (tertiary alicyclic amines) is 1. The van der Waals surface area contributed by atoms with Crippen LogP contribution in [0.2, 0.25) is 0 Å². The van der Waals surface area contributed by atoms with E-state index in [2.05, 4.69) is 5.10 Å². The SMILES string of the molecule is Cc1c(C(=O)N2CCC[C@H]2C(=O)O)cnn1-c1ccccc1F. The van der Waals surface area contributed by atoms with Crippen molar-refractivity contribution in [2.24, 2.45) is 0 Å². The van der Waals surface area contributed by atoms with Crippen LogP contribution in [-0.4, -0.2) is 44.3 Å². The monoisotopic (exact) mass is 317 g/mol. The molecule has 2 heterocycles. The smallest absolute Gasteiger partial charge is 0.326 e. The number of hydrogen-bond donors (Lipinski definition) is 1. The van der Waals surface area contributed by atoms with Gasteiger partial charge in [-0.05, 0) is 31.9 Å². The van der Waals surface area contributed by atoms with Gasteiger partial charge in [0.05, 0.1) is 17.5 Å². The second-order valence-electron chi connectivity index (χ2n) is 5.50. The van der Waals surface area contributed by atoms with E-state index in [1.54, 1.807) is 25.1 Å². The lowest BCUT2D eigenvalue weighted by atomic mass is 10.2. The number of rotatable bonds is 3. The van der Waals surface area contributed by atoms with E-state index in [1.165, 1.54) is 21.8 Å². The molecule has 1 atom stereocenters. The largest absolute Gasteiger partial charge is 0.480 e. The molecule has 7 heteroatoms. The van der Waals surface area contributed by atoms with E-state index < -0.39 is 17.8 Å². The first-order chi connectivity index (χ1) is 11.0. The van der Waals surface area contributed by atoms with E-state index in [0.29, 0.717) is 30.6 Å². The quantitative estimate of drug-likeness (QED) is 0.939. The fourth-order valence-corrected chi connectivity index (χ4v) is 2.91. The Morgan fingerprint density at radius 1 is 1.35 bits per heavy atom. The van der Waals surface area contributed by atoms with Gasteiger partial charge in [0.15, 0.2) is 0 Å². The maximum absolute atomic E-state index is 13.9. The first-order valence-electron chi connectivity index (χ1n) is 7.34. The van der Waals surface area contributed by atoms with Gasteiger partial charge in [0.2, 0.25) is 0 Å². The molecular weight excluding hydrogens is 301 g/mol. The zero-order valence-electron chi connectivity index (χ0n) is 12.6. The molecule has 3 rings (SSSR count). The number of halogens is 1. The number of carbonyl (C=O) groups excluding carboxylic acids is 1. The van der Waals surface area contributed by atoms with Crippen molar-refractivity contribution in [3.05, 3.63) is 47.5 Å². The van der Waals surface area contributed by atoms with Gasteiger partial charge in [-0.2, -0.15) is 5.10 Å². The molecule has 120 valence electrons. The zero-order valence-corrected chi connectivity index (χ0v) is 12.6. The predicted octanol–water partition coefficient (Wildman–Crippen LogP) is 2.01. The number of carboxylic acid groups (broad SMARTS) is 1. The van der Waals surface area contributed by atoms with Crippen LogP contribution in [0.4, 0.5) is 4.39 Å². The van der Waals surface area contributed by atoms with Crippen molar-refractivity contribution in [1.82, 2.24) is 14.7 Å². The van der Waals surface area contributed by atoms with Crippen molar-refractivity contribution >= 4 is 11.9 Å². The van der Waals surface area contributed by atoms with Gasteiger partial charge in [0.25, 0.3) is 5.91 Å². The van der Waals surface area contributed by atoms with Gasteiger partial charge in [-0.1, -0.05) is 12.1 Å². The van der Waals surface area contributed by atoms with Crippen LogP contribution >= 0.6 is 0 Å². The van der Waals surface area contributed by atoms with Crippen LogP contribution in [-0.2, 0) is 4.79 Å². The van der Waals surface area contributed by atoms with Gasteiger partial charge >= 0.3 is 5.97 Å². The Morgan fingerprint density at radius 3 is 2.78 bits per heavy atom. The summed E-state index contributed by atoms with van der Waals surface area (Å²) in [4.78, 5) is 25.2. The van der Waals surface area contributed by atoms with Crippen LogP contribution in [0, 0.1) is 12.7 Å². The van der Waals surface area contributed by atoms with Crippen LogP contribution in [0.1, 0.15) is 28.9 Å². The van der Waals surface area contributed by atoms with Crippen LogP contribution in [0.5, 0.6) is 0 Å². The summed E-state index contributed by atoms with van der Waals surface area (Å²) in [6.07, 6.45) is 2.46. The Hall–Kier alpha value is -2.70. The van der Waals surface area contributed by atoms with Crippen LogP contribution in [0.25, 0.3) is 5.69 Å². The highest BCUT2D eigenvalue weighted by Gasteiger charge is 2.35. The minimum absolute atomic E-state index is 0.250. The molecule has 23 heavy (non-hydrogen) atoms. The van der Waals surface area contributed by atoms with Gasteiger partial charge in [-0.15, -0.1) is 0 Å². The highest BCUT2D eigenvalue weighted by Crippen LogP contribution is 2.23. The first kappa shape index (κ1) is 15.2. The average Bonchev–Trinajstić information content (AvgIpc) is 3.14. The summed E-state index contributed by atoms with van der Waals surface area (Å²) in [5.41, 5.74) is 1.03. The molecule has 0 aliphatic carbocycles. The number of hydrogen-bond acceptors (Lipinski definition) is 3.